The molecule has 7 heteroatoms. The fourth-order valence-electron chi connectivity index (χ4n) is 4.07. The molecule has 2 N–H and O–H groups in total. The van der Waals surface area contributed by atoms with Gasteiger partial charge in [0, 0.05) is 32.6 Å². The molecule has 7 nitrogen and oxygen atoms in total. The van der Waals surface area contributed by atoms with Crippen LogP contribution in [-0.4, -0.2) is 72.3 Å². The Balaban J connectivity index is 2.10. The number of benzene rings is 1. The molecule has 0 radical (unpaired) electrons. The summed E-state index contributed by atoms with van der Waals surface area (Å²) in [6.07, 6.45) is 2.54. The maximum Gasteiger partial charge on any atom is 0.246 e. The fraction of sp³-hybridized carbons (Fsp3) is 0.640. The number of nitrogens with one attached hydrogen (secondary N) is 2. The fourth-order valence-corrected chi connectivity index (χ4v) is 4.07. The van der Waals surface area contributed by atoms with E-state index in [0.717, 1.165) is 19.3 Å². The molecule has 178 valence electrons. The highest BCUT2D eigenvalue weighted by Crippen LogP contribution is 2.26. The van der Waals surface area contributed by atoms with E-state index in [1.54, 1.807) is 20.9 Å². The van der Waals surface area contributed by atoms with Crippen LogP contribution in [0.3, 0.4) is 0 Å². The second-order valence-electron chi connectivity index (χ2n) is 9.85. The minimum atomic E-state index is -0.624. The average Bonchev–Trinajstić information content (AvgIpc) is 3.21. The Kier molecular flexibility index (Phi) is 9.25. The lowest BCUT2D eigenvalue weighted by molar-refractivity contribution is -0.141. The van der Waals surface area contributed by atoms with E-state index in [0.29, 0.717) is 19.6 Å². The lowest BCUT2D eigenvalue weighted by Gasteiger charge is -2.37. The summed E-state index contributed by atoms with van der Waals surface area (Å²) >= 11 is 0. The monoisotopic (exact) mass is 444 g/mol. The van der Waals surface area contributed by atoms with Crippen molar-refractivity contribution in [2.24, 2.45) is 5.41 Å². The molecule has 0 spiro atoms. The van der Waals surface area contributed by atoms with Gasteiger partial charge in [0.2, 0.25) is 17.7 Å². The topological polar surface area (TPSA) is 81.8 Å². The van der Waals surface area contributed by atoms with Crippen LogP contribution in [0, 0.1) is 5.41 Å². The largest absolute Gasteiger partial charge is 0.342 e. The van der Waals surface area contributed by atoms with Crippen molar-refractivity contribution in [2.45, 2.75) is 72.0 Å². The van der Waals surface area contributed by atoms with E-state index >= 15 is 0 Å². The molecule has 32 heavy (non-hydrogen) atoms. The Morgan fingerprint density at radius 1 is 1.19 bits per heavy atom. The summed E-state index contributed by atoms with van der Waals surface area (Å²) in [6.45, 7) is 11.0. The SMILES string of the molecule is CN[C@@H](C)C(=O)N[C@H](C(=O)N1CCC[C@H]1CN(CCc1ccccc1)C(C)=O)C(C)(C)C. The van der Waals surface area contributed by atoms with Crippen LogP contribution in [0.5, 0.6) is 0 Å². The van der Waals surface area contributed by atoms with E-state index in [-0.39, 0.29) is 29.8 Å². The predicted molar refractivity (Wildman–Crippen MR) is 127 cm³/mol. The quantitative estimate of drug-likeness (QED) is 0.612. The van der Waals surface area contributed by atoms with Crippen molar-refractivity contribution in [3.8, 4) is 0 Å². The molecular weight excluding hydrogens is 404 g/mol. The van der Waals surface area contributed by atoms with E-state index in [1.165, 1.54) is 5.56 Å². The van der Waals surface area contributed by atoms with E-state index in [2.05, 4.69) is 22.8 Å². The Morgan fingerprint density at radius 3 is 2.41 bits per heavy atom. The first-order valence-corrected chi connectivity index (χ1v) is 11.6. The van der Waals surface area contributed by atoms with Gasteiger partial charge in [-0.15, -0.1) is 0 Å². The van der Waals surface area contributed by atoms with Gasteiger partial charge in [-0.2, -0.15) is 0 Å². The summed E-state index contributed by atoms with van der Waals surface area (Å²) in [4.78, 5) is 42.1. The maximum atomic E-state index is 13.6. The molecular formula is C25H40N4O3. The zero-order valence-corrected chi connectivity index (χ0v) is 20.5. The van der Waals surface area contributed by atoms with Crippen LogP contribution in [0.1, 0.15) is 53.0 Å². The van der Waals surface area contributed by atoms with Crippen molar-refractivity contribution in [2.75, 3.05) is 26.7 Å². The Hall–Kier alpha value is -2.41. The normalized spacial score (nSPS) is 18.2. The van der Waals surface area contributed by atoms with Gasteiger partial charge in [-0.25, -0.2) is 0 Å². The van der Waals surface area contributed by atoms with E-state index < -0.39 is 11.5 Å². The third-order valence-electron chi connectivity index (χ3n) is 6.28. The highest BCUT2D eigenvalue weighted by atomic mass is 16.2. The molecule has 1 heterocycles. The molecule has 0 unspecified atom stereocenters. The van der Waals surface area contributed by atoms with E-state index in [1.807, 2.05) is 48.8 Å². The zero-order valence-electron chi connectivity index (χ0n) is 20.5. The van der Waals surface area contributed by atoms with Gasteiger partial charge in [0.15, 0.2) is 0 Å². The van der Waals surface area contributed by atoms with Crippen molar-refractivity contribution in [3.63, 3.8) is 0 Å². The maximum absolute atomic E-state index is 13.6. The predicted octanol–water partition coefficient (Wildman–Crippen LogP) is 2.21. The van der Waals surface area contributed by atoms with Gasteiger partial charge in [-0.1, -0.05) is 51.1 Å². The Bertz CT molecular complexity index is 775. The number of carbonyl (C=O) groups is 3. The molecule has 3 atom stereocenters. The van der Waals surface area contributed by atoms with Crippen LogP contribution in [0.15, 0.2) is 30.3 Å². The number of likely N-dealkylation sites (N-methyl/N-ethyl adjacent to an activating group) is 1. The summed E-state index contributed by atoms with van der Waals surface area (Å²) in [5, 5.41) is 5.88. The number of amides is 3. The number of likely N-dealkylation sites (tertiary alicyclic amines) is 1. The van der Waals surface area contributed by atoms with E-state index in [9.17, 15) is 14.4 Å². The van der Waals surface area contributed by atoms with Gasteiger partial charge in [-0.3, -0.25) is 14.4 Å². The first-order chi connectivity index (χ1) is 15.0. The molecule has 1 saturated heterocycles. The number of hydrogen-bond donors (Lipinski definition) is 2. The third kappa shape index (κ3) is 7.05. The van der Waals surface area contributed by atoms with Crippen LogP contribution < -0.4 is 10.6 Å². The van der Waals surface area contributed by atoms with Crippen molar-refractivity contribution < 1.29 is 14.4 Å². The van der Waals surface area contributed by atoms with Gasteiger partial charge in [-0.05, 0) is 44.2 Å². The Morgan fingerprint density at radius 2 is 1.84 bits per heavy atom. The average molecular weight is 445 g/mol. The summed E-state index contributed by atoms with van der Waals surface area (Å²) in [5.41, 5.74) is 0.758. The minimum absolute atomic E-state index is 0.0174. The van der Waals surface area contributed by atoms with Crippen LogP contribution >= 0.6 is 0 Å². The molecule has 3 amide bonds. The molecule has 1 aromatic rings. The molecule has 1 fully saturated rings. The van der Waals surface area contributed by atoms with Crippen molar-refractivity contribution >= 4 is 17.7 Å². The van der Waals surface area contributed by atoms with Crippen molar-refractivity contribution in [1.29, 1.82) is 0 Å². The Labute approximate surface area is 192 Å². The molecule has 1 aliphatic rings. The van der Waals surface area contributed by atoms with Crippen LogP contribution in [-0.2, 0) is 20.8 Å². The standard InChI is InChI=1S/C25H40N4O3/c1-18(26-6)23(31)27-22(25(3,4)5)24(32)29-15-10-13-21(29)17-28(19(2)30)16-14-20-11-8-7-9-12-20/h7-9,11-12,18,21-22,26H,10,13-17H2,1-6H3,(H,27,31)/t18-,21-,22+/m0/s1. The molecule has 0 aliphatic carbocycles. The van der Waals surface area contributed by atoms with Crippen LogP contribution in [0.4, 0.5) is 0 Å². The van der Waals surface area contributed by atoms with E-state index in [4.69, 9.17) is 0 Å². The lowest BCUT2D eigenvalue weighted by atomic mass is 9.85. The first-order valence-electron chi connectivity index (χ1n) is 11.6. The van der Waals surface area contributed by atoms with Crippen LogP contribution in [0.2, 0.25) is 0 Å². The van der Waals surface area contributed by atoms with Crippen molar-refractivity contribution in [1.82, 2.24) is 20.4 Å². The van der Waals surface area contributed by atoms with Gasteiger partial charge in [0.1, 0.15) is 6.04 Å². The van der Waals surface area contributed by atoms with Crippen LogP contribution in [0.25, 0.3) is 0 Å². The smallest absolute Gasteiger partial charge is 0.246 e. The van der Waals surface area contributed by atoms with Gasteiger partial charge in [0.25, 0.3) is 0 Å². The summed E-state index contributed by atoms with van der Waals surface area (Å²) in [5.74, 6) is -0.239. The van der Waals surface area contributed by atoms with Gasteiger partial charge >= 0.3 is 0 Å². The summed E-state index contributed by atoms with van der Waals surface area (Å²) < 4.78 is 0. The molecule has 0 bridgehead atoms. The molecule has 1 aromatic carbocycles. The highest BCUT2D eigenvalue weighted by molar-refractivity contribution is 5.90. The first kappa shape index (κ1) is 25.8. The lowest BCUT2D eigenvalue weighted by Crippen LogP contribution is -2.59. The second-order valence-corrected chi connectivity index (χ2v) is 9.85. The molecule has 1 aliphatic heterocycles. The highest BCUT2D eigenvalue weighted by Gasteiger charge is 2.40. The number of nitrogens with zero attached hydrogens (tertiary/aromatic N) is 2. The minimum Gasteiger partial charge on any atom is -0.342 e. The molecule has 2 rings (SSSR count). The summed E-state index contributed by atoms with van der Waals surface area (Å²) in [7, 11) is 1.72. The number of rotatable bonds is 9. The zero-order chi connectivity index (χ0) is 23.9. The van der Waals surface area contributed by atoms with Gasteiger partial charge < -0.3 is 20.4 Å². The molecule has 0 aromatic heterocycles. The van der Waals surface area contributed by atoms with Gasteiger partial charge in [0.05, 0.1) is 6.04 Å². The summed E-state index contributed by atoms with van der Waals surface area (Å²) in [6, 6.07) is 9.07. The second kappa shape index (κ2) is 11.5. The number of carbonyl (C=O) groups excluding carboxylic acids is 3. The third-order valence-corrected chi connectivity index (χ3v) is 6.28. The molecule has 0 saturated carbocycles. The van der Waals surface area contributed by atoms with Crippen molar-refractivity contribution in [3.05, 3.63) is 35.9 Å². The number of hydrogen-bond acceptors (Lipinski definition) is 4.